The van der Waals surface area contributed by atoms with Gasteiger partial charge in [-0.3, -0.25) is 0 Å². The molecule has 3 rings (SSSR count). The highest BCUT2D eigenvalue weighted by Crippen LogP contribution is 2.38. The Balaban J connectivity index is 1.81. The van der Waals surface area contributed by atoms with Gasteiger partial charge in [0.05, 0.1) is 6.61 Å². The first kappa shape index (κ1) is 10.2. The highest BCUT2D eigenvalue weighted by Gasteiger charge is 2.30. The summed E-state index contributed by atoms with van der Waals surface area (Å²) in [7, 11) is 0. The summed E-state index contributed by atoms with van der Waals surface area (Å²) in [6.07, 6.45) is 4.19. The molecule has 1 fully saturated rings. The number of aliphatic hydroxyl groups excluding tert-OH is 1. The maximum absolute atomic E-state index is 9.41. The molecule has 2 heteroatoms. The number of nitrogens with zero attached hydrogens (tertiary/aromatic N) is 1. The van der Waals surface area contributed by atoms with Crippen LogP contribution in [0.3, 0.4) is 0 Å². The van der Waals surface area contributed by atoms with Crippen LogP contribution in [0.5, 0.6) is 0 Å². The van der Waals surface area contributed by atoms with Crippen LogP contribution in [0.1, 0.15) is 30.7 Å². The van der Waals surface area contributed by atoms with Crippen LogP contribution < -0.4 is 4.90 Å². The zero-order valence-electron chi connectivity index (χ0n) is 9.60. The highest BCUT2D eigenvalue weighted by atomic mass is 16.3. The molecule has 0 aromatic heterocycles. The number of rotatable bonds is 3. The molecule has 1 aliphatic heterocycles. The zero-order chi connectivity index (χ0) is 11.0. The minimum Gasteiger partial charge on any atom is -0.396 e. The fourth-order valence-corrected chi connectivity index (χ4v) is 2.90. The smallest absolute Gasteiger partial charge is 0.0517 e. The fraction of sp³-hybridized carbons (Fsp3) is 0.571. The number of anilines is 1. The maximum Gasteiger partial charge on any atom is 0.0517 e. The summed E-state index contributed by atoms with van der Waals surface area (Å²) in [6, 6.07) is 8.54. The molecule has 1 saturated carbocycles. The van der Waals surface area contributed by atoms with Crippen LogP contribution in [0.4, 0.5) is 5.69 Å². The van der Waals surface area contributed by atoms with Crippen LogP contribution in [0.25, 0.3) is 0 Å². The summed E-state index contributed by atoms with van der Waals surface area (Å²) in [5.74, 6) is 1.22. The first-order valence-corrected chi connectivity index (χ1v) is 6.33. The highest BCUT2D eigenvalue weighted by molar-refractivity contribution is 5.60. The van der Waals surface area contributed by atoms with E-state index in [1.165, 1.54) is 37.1 Å². The second-order valence-corrected chi connectivity index (χ2v) is 5.14. The Morgan fingerprint density at radius 2 is 2.06 bits per heavy atom. The summed E-state index contributed by atoms with van der Waals surface area (Å²) in [4.78, 5) is 2.47. The van der Waals surface area contributed by atoms with E-state index in [2.05, 4.69) is 29.2 Å². The fourth-order valence-electron chi connectivity index (χ4n) is 2.90. The average molecular weight is 217 g/mol. The molecule has 2 aliphatic rings. The third kappa shape index (κ3) is 1.61. The quantitative estimate of drug-likeness (QED) is 0.840. The molecule has 0 saturated heterocycles. The van der Waals surface area contributed by atoms with E-state index in [1.54, 1.807) is 0 Å². The van der Waals surface area contributed by atoms with Gasteiger partial charge in [-0.05, 0) is 30.4 Å². The summed E-state index contributed by atoms with van der Waals surface area (Å²) in [5, 5.41) is 9.41. The standard InChI is InChI=1S/C14H19NO/c16-10-12-9-15(8-11-4-3-5-11)14-7-2-1-6-13(12)14/h1-2,6-7,11-12,16H,3-5,8-10H2. The largest absolute Gasteiger partial charge is 0.396 e. The second kappa shape index (κ2) is 4.10. The van der Waals surface area contributed by atoms with Crippen molar-refractivity contribution in [3.63, 3.8) is 0 Å². The molecular formula is C14H19NO. The van der Waals surface area contributed by atoms with E-state index in [-0.39, 0.29) is 6.61 Å². The topological polar surface area (TPSA) is 23.5 Å². The van der Waals surface area contributed by atoms with Crippen molar-refractivity contribution >= 4 is 5.69 Å². The van der Waals surface area contributed by atoms with E-state index >= 15 is 0 Å². The number of fused-ring (bicyclic) bond motifs is 1. The molecule has 1 aliphatic carbocycles. The van der Waals surface area contributed by atoms with Crippen LogP contribution in [-0.4, -0.2) is 24.8 Å². The molecule has 1 atom stereocenters. The van der Waals surface area contributed by atoms with Crippen molar-refractivity contribution in [2.75, 3.05) is 24.6 Å². The molecule has 0 spiro atoms. The van der Waals surface area contributed by atoms with Gasteiger partial charge in [-0.2, -0.15) is 0 Å². The van der Waals surface area contributed by atoms with Gasteiger partial charge in [-0.1, -0.05) is 24.6 Å². The Bertz CT molecular complexity index is 371. The molecule has 86 valence electrons. The predicted molar refractivity (Wildman–Crippen MR) is 65.8 cm³/mol. The normalized spacial score (nSPS) is 24.3. The van der Waals surface area contributed by atoms with Gasteiger partial charge in [-0.15, -0.1) is 0 Å². The lowest BCUT2D eigenvalue weighted by molar-refractivity contribution is 0.266. The van der Waals surface area contributed by atoms with Crippen molar-refractivity contribution in [2.45, 2.75) is 25.2 Å². The second-order valence-electron chi connectivity index (χ2n) is 5.14. The van der Waals surface area contributed by atoms with Gasteiger partial charge in [0.15, 0.2) is 0 Å². The van der Waals surface area contributed by atoms with Crippen molar-refractivity contribution in [1.29, 1.82) is 0 Å². The number of benzene rings is 1. The Hall–Kier alpha value is -1.02. The van der Waals surface area contributed by atoms with Gasteiger partial charge >= 0.3 is 0 Å². The SMILES string of the molecule is OCC1CN(CC2CCC2)c2ccccc21. The zero-order valence-corrected chi connectivity index (χ0v) is 9.60. The van der Waals surface area contributed by atoms with E-state index in [9.17, 15) is 5.11 Å². The van der Waals surface area contributed by atoms with Crippen LogP contribution in [0.15, 0.2) is 24.3 Å². The lowest BCUT2D eigenvalue weighted by atomic mass is 9.85. The van der Waals surface area contributed by atoms with E-state index in [0.717, 1.165) is 12.5 Å². The lowest BCUT2D eigenvalue weighted by Crippen LogP contribution is -2.32. The van der Waals surface area contributed by atoms with Crippen molar-refractivity contribution in [1.82, 2.24) is 0 Å². The van der Waals surface area contributed by atoms with Gasteiger partial charge in [0.25, 0.3) is 0 Å². The maximum atomic E-state index is 9.41. The summed E-state index contributed by atoms with van der Waals surface area (Å²) in [6.45, 7) is 2.47. The molecule has 16 heavy (non-hydrogen) atoms. The third-order valence-electron chi connectivity index (χ3n) is 4.08. The Kier molecular flexibility index (Phi) is 2.60. The summed E-state index contributed by atoms with van der Waals surface area (Å²) < 4.78 is 0. The first-order valence-electron chi connectivity index (χ1n) is 6.33. The number of para-hydroxylation sites is 1. The van der Waals surface area contributed by atoms with Gasteiger partial charge in [-0.25, -0.2) is 0 Å². The van der Waals surface area contributed by atoms with Gasteiger partial charge in [0.1, 0.15) is 0 Å². The first-order chi connectivity index (χ1) is 7.88. The van der Waals surface area contributed by atoms with Crippen LogP contribution in [0, 0.1) is 5.92 Å². The number of hydrogen-bond donors (Lipinski definition) is 1. The molecule has 1 heterocycles. The molecule has 1 aromatic rings. The van der Waals surface area contributed by atoms with Crippen molar-refractivity contribution in [3.8, 4) is 0 Å². The molecule has 1 N–H and O–H groups in total. The molecule has 1 unspecified atom stereocenters. The van der Waals surface area contributed by atoms with Crippen LogP contribution >= 0.6 is 0 Å². The predicted octanol–water partition coefficient (Wildman–Crippen LogP) is 2.38. The van der Waals surface area contributed by atoms with Crippen LogP contribution in [-0.2, 0) is 0 Å². The average Bonchev–Trinajstić information content (AvgIpc) is 2.62. The van der Waals surface area contributed by atoms with Crippen molar-refractivity contribution in [3.05, 3.63) is 29.8 Å². The number of aliphatic hydroxyl groups is 1. The minimum atomic E-state index is 0.276. The van der Waals surface area contributed by atoms with Crippen LogP contribution in [0.2, 0.25) is 0 Å². The molecule has 1 aromatic carbocycles. The summed E-state index contributed by atoms with van der Waals surface area (Å²) >= 11 is 0. The molecule has 0 radical (unpaired) electrons. The molecule has 0 bridgehead atoms. The number of hydrogen-bond acceptors (Lipinski definition) is 2. The Morgan fingerprint density at radius 1 is 1.25 bits per heavy atom. The van der Waals surface area contributed by atoms with Gasteiger partial charge in [0, 0.05) is 24.7 Å². The Labute approximate surface area is 96.9 Å². The lowest BCUT2D eigenvalue weighted by Gasteiger charge is -2.31. The van der Waals surface area contributed by atoms with E-state index < -0.39 is 0 Å². The van der Waals surface area contributed by atoms with E-state index in [0.29, 0.717) is 5.92 Å². The van der Waals surface area contributed by atoms with Gasteiger partial charge < -0.3 is 10.0 Å². The van der Waals surface area contributed by atoms with Crippen molar-refractivity contribution < 1.29 is 5.11 Å². The van der Waals surface area contributed by atoms with E-state index in [1.807, 2.05) is 0 Å². The monoisotopic (exact) mass is 217 g/mol. The molecule has 0 amide bonds. The Morgan fingerprint density at radius 3 is 2.75 bits per heavy atom. The third-order valence-corrected chi connectivity index (χ3v) is 4.08. The van der Waals surface area contributed by atoms with Gasteiger partial charge in [0.2, 0.25) is 0 Å². The minimum absolute atomic E-state index is 0.276. The molecular weight excluding hydrogens is 198 g/mol. The van der Waals surface area contributed by atoms with E-state index in [4.69, 9.17) is 0 Å². The summed E-state index contributed by atoms with van der Waals surface area (Å²) in [5.41, 5.74) is 2.69. The van der Waals surface area contributed by atoms with Crippen molar-refractivity contribution in [2.24, 2.45) is 5.92 Å². The molecule has 2 nitrogen and oxygen atoms in total.